The molecule has 0 radical (unpaired) electrons. The van der Waals surface area contributed by atoms with Crippen LogP contribution >= 0.6 is 0 Å². The van der Waals surface area contributed by atoms with E-state index in [4.69, 9.17) is 4.74 Å². The highest BCUT2D eigenvalue weighted by atomic mass is 16.6. The smallest absolute Gasteiger partial charge is 0.294 e. The van der Waals surface area contributed by atoms with Crippen LogP contribution in [0.4, 0.5) is 11.4 Å². The third-order valence-corrected chi connectivity index (χ3v) is 3.01. The van der Waals surface area contributed by atoms with Crippen molar-refractivity contribution in [2.45, 2.75) is 6.92 Å². The molecular weight excluding hydrogens is 276 g/mol. The highest BCUT2D eigenvalue weighted by Crippen LogP contribution is 2.23. The summed E-state index contributed by atoms with van der Waals surface area (Å²) in [4.78, 5) is 23.9. The summed E-state index contributed by atoms with van der Waals surface area (Å²) in [6.45, 7) is 3.60. The van der Waals surface area contributed by atoms with E-state index in [2.05, 4.69) is 10.5 Å². The Balaban J connectivity index is 2.20. The second-order valence-electron chi connectivity index (χ2n) is 4.48. The van der Waals surface area contributed by atoms with Crippen LogP contribution in [0, 0.1) is 10.1 Å². The van der Waals surface area contributed by atoms with E-state index in [1.807, 2.05) is 0 Å². The lowest BCUT2D eigenvalue weighted by Crippen LogP contribution is -2.44. The summed E-state index contributed by atoms with van der Waals surface area (Å²) in [6.07, 6.45) is 0. The number of ether oxygens (including phenoxy) is 1. The molecule has 21 heavy (non-hydrogen) atoms. The largest absolute Gasteiger partial charge is 0.378 e. The maximum Gasteiger partial charge on any atom is 0.294 e. The van der Waals surface area contributed by atoms with Gasteiger partial charge in [0, 0.05) is 26.1 Å². The number of Topliss-reactive ketones (excluding diaryl/α,β-unsaturated/α-hetero) is 1. The fraction of sp³-hybridized carbons (Fsp3) is 0.385. The van der Waals surface area contributed by atoms with Gasteiger partial charge in [-0.15, -0.1) is 0 Å². The first-order valence-electron chi connectivity index (χ1n) is 6.50. The van der Waals surface area contributed by atoms with E-state index in [0.717, 1.165) is 0 Å². The van der Waals surface area contributed by atoms with Gasteiger partial charge in [0.1, 0.15) is 5.69 Å². The molecule has 1 saturated heterocycles. The molecule has 112 valence electrons. The molecule has 0 aromatic heterocycles. The van der Waals surface area contributed by atoms with Crippen molar-refractivity contribution in [1.29, 1.82) is 0 Å². The van der Waals surface area contributed by atoms with Crippen LogP contribution in [0.2, 0.25) is 0 Å². The molecule has 8 nitrogen and oxygen atoms in total. The topological polar surface area (TPSA) is 97.1 Å². The third kappa shape index (κ3) is 3.76. The van der Waals surface area contributed by atoms with Crippen LogP contribution in [0.1, 0.15) is 6.92 Å². The van der Waals surface area contributed by atoms with Gasteiger partial charge < -0.3 is 9.64 Å². The maximum atomic E-state index is 11.7. The number of nitrogens with one attached hydrogen (secondary N) is 1. The third-order valence-electron chi connectivity index (χ3n) is 3.01. The van der Waals surface area contributed by atoms with Gasteiger partial charge >= 0.3 is 0 Å². The molecule has 0 atom stereocenters. The fourth-order valence-electron chi connectivity index (χ4n) is 1.99. The number of para-hydroxylation sites is 2. The zero-order valence-corrected chi connectivity index (χ0v) is 11.6. The molecule has 0 saturated carbocycles. The monoisotopic (exact) mass is 292 g/mol. The van der Waals surface area contributed by atoms with Gasteiger partial charge in [0.05, 0.1) is 18.1 Å². The van der Waals surface area contributed by atoms with Crippen LogP contribution < -0.4 is 5.43 Å². The maximum absolute atomic E-state index is 11.7. The molecular formula is C13H16N4O4. The summed E-state index contributed by atoms with van der Waals surface area (Å²) < 4.78 is 5.23. The highest BCUT2D eigenvalue weighted by Gasteiger charge is 2.19. The second kappa shape index (κ2) is 6.80. The minimum Gasteiger partial charge on any atom is -0.378 e. The Morgan fingerprint density at radius 2 is 2.05 bits per heavy atom. The van der Waals surface area contributed by atoms with Crippen LogP contribution in [-0.2, 0) is 9.53 Å². The van der Waals surface area contributed by atoms with Crippen molar-refractivity contribution in [2.75, 3.05) is 31.7 Å². The zero-order chi connectivity index (χ0) is 15.2. The number of morpholine rings is 1. The van der Waals surface area contributed by atoms with Gasteiger partial charge in [0.2, 0.25) is 0 Å². The number of nitro benzene ring substituents is 1. The molecule has 0 amide bonds. The normalized spacial score (nSPS) is 15.7. The Morgan fingerprint density at radius 3 is 2.67 bits per heavy atom. The van der Waals surface area contributed by atoms with Crippen molar-refractivity contribution in [2.24, 2.45) is 5.10 Å². The van der Waals surface area contributed by atoms with E-state index >= 15 is 0 Å². The van der Waals surface area contributed by atoms with Gasteiger partial charge in [-0.2, -0.15) is 5.10 Å². The van der Waals surface area contributed by atoms with Crippen LogP contribution in [0.25, 0.3) is 0 Å². The number of rotatable bonds is 4. The van der Waals surface area contributed by atoms with Crippen molar-refractivity contribution < 1.29 is 14.5 Å². The summed E-state index contributed by atoms with van der Waals surface area (Å²) in [5.41, 5.74) is 2.77. The SMILES string of the molecule is CC(=O)C(=NNc1ccccc1[N+](=O)[O-])N1CCOCC1. The van der Waals surface area contributed by atoms with E-state index in [1.165, 1.54) is 13.0 Å². The summed E-state index contributed by atoms with van der Waals surface area (Å²) in [6, 6.07) is 6.15. The number of hydrazone groups is 1. The van der Waals surface area contributed by atoms with Gasteiger partial charge in [-0.1, -0.05) is 12.1 Å². The molecule has 1 aliphatic heterocycles. The van der Waals surface area contributed by atoms with E-state index in [0.29, 0.717) is 26.3 Å². The summed E-state index contributed by atoms with van der Waals surface area (Å²) in [5.74, 6) is 0.0411. The number of nitro groups is 1. The number of hydrogen-bond acceptors (Lipinski definition) is 6. The average molecular weight is 292 g/mol. The number of amidine groups is 1. The molecule has 0 aliphatic carbocycles. The lowest BCUT2D eigenvalue weighted by atomic mass is 10.3. The quantitative estimate of drug-likeness (QED) is 0.388. The lowest BCUT2D eigenvalue weighted by Gasteiger charge is -2.28. The highest BCUT2D eigenvalue weighted by molar-refractivity contribution is 6.37. The molecule has 1 aromatic rings. The first-order chi connectivity index (χ1) is 10.1. The number of ketones is 1. The number of benzene rings is 1. The number of carbonyl (C=O) groups excluding carboxylic acids is 1. The molecule has 2 rings (SSSR count). The van der Waals surface area contributed by atoms with Gasteiger partial charge in [-0.05, 0) is 6.07 Å². The number of anilines is 1. The summed E-state index contributed by atoms with van der Waals surface area (Å²) in [5, 5.41) is 15.0. The van der Waals surface area contributed by atoms with E-state index in [9.17, 15) is 14.9 Å². The summed E-state index contributed by atoms with van der Waals surface area (Å²) >= 11 is 0. The first-order valence-corrected chi connectivity index (χ1v) is 6.50. The van der Waals surface area contributed by atoms with Crippen LogP contribution in [0.5, 0.6) is 0 Å². The molecule has 1 fully saturated rings. The molecule has 0 unspecified atom stereocenters. The van der Waals surface area contributed by atoms with Gasteiger partial charge in [0.15, 0.2) is 11.6 Å². The molecule has 1 heterocycles. The Bertz CT molecular complexity index is 567. The first kappa shape index (κ1) is 14.9. The molecule has 0 spiro atoms. The predicted octanol–water partition coefficient (Wildman–Crippen LogP) is 1.24. The summed E-state index contributed by atoms with van der Waals surface area (Å²) in [7, 11) is 0. The van der Waals surface area contributed by atoms with E-state index < -0.39 is 4.92 Å². The van der Waals surface area contributed by atoms with Crippen molar-refractivity contribution in [3.05, 3.63) is 34.4 Å². The Morgan fingerprint density at radius 1 is 1.38 bits per heavy atom. The van der Waals surface area contributed by atoms with E-state index in [-0.39, 0.29) is 23.0 Å². The minimum absolute atomic E-state index is 0.0915. The van der Waals surface area contributed by atoms with Gasteiger partial charge in [-0.25, -0.2) is 0 Å². The standard InChI is InChI=1S/C13H16N4O4/c1-10(18)13(16-6-8-21-9-7-16)15-14-11-4-2-3-5-12(11)17(19)20/h2-5,14H,6-9H2,1H3. The van der Waals surface area contributed by atoms with Crippen LogP contribution in [0.3, 0.4) is 0 Å². The number of hydrogen-bond donors (Lipinski definition) is 1. The van der Waals surface area contributed by atoms with Crippen LogP contribution in [-0.4, -0.2) is 47.7 Å². The van der Waals surface area contributed by atoms with Crippen LogP contribution in [0.15, 0.2) is 29.4 Å². The van der Waals surface area contributed by atoms with Crippen molar-refractivity contribution in [1.82, 2.24) is 4.90 Å². The Hall–Kier alpha value is -2.48. The zero-order valence-electron chi connectivity index (χ0n) is 11.6. The van der Waals surface area contributed by atoms with Gasteiger partial charge in [0.25, 0.3) is 5.69 Å². The fourth-order valence-corrected chi connectivity index (χ4v) is 1.99. The van der Waals surface area contributed by atoms with Gasteiger partial charge in [-0.3, -0.25) is 20.3 Å². The number of nitrogens with zero attached hydrogens (tertiary/aromatic N) is 3. The molecule has 1 N–H and O–H groups in total. The molecule has 0 bridgehead atoms. The predicted molar refractivity (Wildman–Crippen MR) is 77.2 cm³/mol. The molecule has 8 heteroatoms. The second-order valence-corrected chi connectivity index (χ2v) is 4.48. The molecule has 1 aliphatic rings. The molecule has 1 aromatic carbocycles. The Labute approximate surface area is 121 Å². The lowest BCUT2D eigenvalue weighted by molar-refractivity contribution is -0.384. The van der Waals surface area contributed by atoms with Crippen molar-refractivity contribution in [3.8, 4) is 0 Å². The average Bonchev–Trinajstić information content (AvgIpc) is 2.48. The van der Waals surface area contributed by atoms with Crippen molar-refractivity contribution >= 4 is 23.0 Å². The van der Waals surface area contributed by atoms with Crippen molar-refractivity contribution in [3.63, 3.8) is 0 Å². The Kier molecular flexibility index (Phi) is 4.83. The number of carbonyl (C=O) groups is 1. The minimum atomic E-state index is -0.500. The van der Waals surface area contributed by atoms with E-state index in [1.54, 1.807) is 23.1 Å².